The smallest absolute Gasteiger partial charge is 0.415 e. The van der Waals surface area contributed by atoms with Crippen molar-refractivity contribution in [3.63, 3.8) is 0 Å². The summed E-state index contributed by atoms with van der Waals surface area (Å²) in [6, 6.07) is 5.96. The Bertz CT molecular complexity index is 1180. The Balaban J connectivity index is 1.23. The van der Waals surface area contributed by atoms with Crippen LogP contribution in [0.5, 0.6) is 5.75 Å². The Morgan fingerprint density at radius 1 is 1.22 bits per heavy atom. The number of aromatic nitrogens is 4. The summed E-state index contributed by atoms with van der Waals surface area (Å²) in [5, 5.41) is 20.1. The number of halogens is 3. The van der Waals surface area contributed by atoms with Crippen molar-refractivity contribution in [2.75, 3.05) is 25.1 Å². The third-order valence-electron chi connectivity index (χ3n) is 7.14. The van der Waals surface area contributed by atoms with E-state index in [1.807, 2.05) is 40.7 Å². The van der Waals surface area contributed by atoms with Crippen molar-refractivity contribution in [1.82, 2.24) is 24.6 Å². The Hall–Kier alpha value is -2.83. The van der Waals surface area contributed by atoms with E-state index in [4.69, 9.17) is 14.6 Å². The van der Waals surface area contributed by atoms with Gasteiger partial charge in [-0.3, -0.25) is 4.68 Å². The number of anilines is 2. The molecule has 2 atom stereocenters. The minimum atomic E-state index is -4.61. The van der Waals surface area contributed by atoms with E-state index >= 15 is 0 Å². The number of alkyl halides is 3. The molecule has 2 aromatic heterocycles. The SMILES string of the molecule is Cn1cnc2c(Nc3ccn([C@H]4CCCOC4)n3)cc(O[C@H]3CC[C@@H](NCC(O)C(F)(F)F)CC3)cc21. The number of nitrogens with zero attached hydrogens (tertiary/aromatic N) is 4. The van der Waals surface area contributed by atoms with Gasteiger partial charge in [-0.1, -0.05) is 0 Å². The first-order chi connectivity index (χ1) is 17.8. The van der Waals surface area contributed by atoms with Crippen LogP contribution in [0.1, 0.15) is 44.6 Å². The van der Waals surface area contributed by atoms with Crippen LogP contribution in [0.2, 0.25) is 0 Å². The third-order valence-corrected chi connectivity index (χ3v) is 7.14. The molecule has 9 nitrogen and oxygen atoms in total. The Morgan fingerprint density at radius 3 is 2.76 bits per heavy atom. The van der Waals surface area contributed by atoms with E-state index in [9.17, 15) is 18.3 Å². The van der Waals surface area contributed by atoms with Crippen LogP contribution in [0.4, 0.5) is 24.7 Å². The molecule has 1 saturated carbocycles. The molecule has 3 N–H and O–H groups in total. The number of aryl methyl sites for hydroxylation is 1. The van der Waals surface area contributed by atoms with Crippen LogP contribution in [-0.4, -0.2) is 68.6 Å². The molecule has 3 aromatic rings. The zero-order valence-corrected chi connectivity index (χ0v) is 20.7. The lowest BCUT2D eigenvalue weighted by atomic mass is 9.93. The number of nitrogens with one attached hydrogen (secondary N) is 2. The van der Waals surface area contributed by atoms with Crippen LogP contribution in [0.3, 0.4) is 0 Å². The van der Waals surface area contributed by atoms with Crippen LogP contribution >= 0.6 is 0 Å². The Kier molecular flexibility index (Phi) is 7.59. The zero-order valence-electron chi connectivity index (χ0n) is 20.7. The molecule has 0 bridgehead atoms. The minimum Gasteiger partial charge on any atom is -0.490 e. The van der Waals surface area contributed by atoms with Crippen molar-refractivity contribution in [2.45, 2.75) is 69.0 Å². The summed E-state index contributed by atoms with van der Waals surface area (Å²) in [5.41, 5.74) is 2.51. The molecule has 1 saturated heterocycles. The molecule has 0 radical (unpaired) electrons. The maximum atomic E-state index is 12.5. The second kappa shape index (κ2) is 10.9. The summed E-state index contributed by atoms with van der Waals surface area (Å²) in [6.45, 7) is 0.970. The molecule has 1 aromatic carbocycles. The van der Waals surface area contributed by atoms with Gasteiger partial charge in [0.05, 0.1) is 36.3 Å². The van der Waals surface area contributed by atoms with E-state index in [-0.39, 0.29) is 18.2 Å². The lowest BCUT2D eigenvalue weighted by Crippen LogP contribution is -2.44. The third kappa shape index (κ3) is 6.19. The molecule has 37 heavy (non-hydrogen) atoms. The van der Waals surface area contributed by atoms with Gasteiger partial charge in [0.2, 0.25) is 0 Å². The van der Waals surface area contributed by atoms with E-state index in [1.54, 1.807) is 6.33 Å². The average molecular weight is 523 g/mol. The predicted molar refractivity (Wildman–Crippen MR) is 132 cm³/mol. The number of ether oxygens (including phenoxy) is 2. The monoisotopic (exact) mass is 522 g/mol. The standard InChI is InChI=1S/C25H33F3N6O3/c1-33-15-30-24-20(31-23-8-9-34(32-23)17-3-2-10-36-14-17)11-19(12-21(24)33)37-18-6-4-16(5-7-18)29-13-22(35)25(26,27)28/h8-9,11-12,15-18,22,29,35H,2-7,10,13-14H2,1H3,(H,31,32)/t16-,17-,18+,22?/m0/s1. The molecular formula is C25H33F3N6O3. The van der Waals surface area contributed by atoms with Crippen LogP contribution in [-0.2, 0) is 11.8 Å². The topological polar surface area (TPSA) is 98.4 Å². The maximum Gasteiger partial charge on any atom is 0.415 e. The van der Waals surface area contributed by atoms with Gasteiger partial charge in [-0.25, -0.2) is 4.98 Å². The van der Waals surface area contributed by atoms with Gasteiger partial charge in [0.1, 0.15) is 11.3 Å². The molecule has 1 aliphatic carbocycles. The summed E-state index contributed by atoms with van der Waals surface area (Å²) in [5.74, 6) is 1.41. The highest BCUT2D eigenvalue weighted by Gasteiger charge is 2.38. The van der Waals surface area contributed by atoms with Crippen molar-refractivity contribution in [2.24, 2.45) is 7.05 Å². The van der Waals surface area contributed by atoms with E-state index < -0.39 is 18.8 Å². The minimum absolute atomic E-state index is 0.0466. The van der Waals surface area contributed by atoms with Gasteiger partial charge in [0.15, 0.2) is 11.9 Å². The van der Waals surface area contributed by atoms with Gasteiger partial charge in [0.25, 0.3) is 0 Å². The normalized spacial score (nSPS) is 23.8. The first-order valence-corrected chi connectivity index (χ1v) is 12.8. The summed E-state index contributed by atoms with van der Waals surface area (Å²) in [4.78, 5) is 4.54. The van der Waals surface area contributed by atoms with Gasteiger partial charge in [-0.2, -0.15) is 18.3 Å². The van der Waals surface area contributed by atoms with E-state index in [1.165, 1.54) is 0 Å². The number of benzene rings is 1. The van der Waals surface area contributed by atoms with E-state index in [2.05, 4.69) is 15.6 Å². The highest BCUT2D eigenvalue weighted by Crippen LogP contribution is 2.33. The first kappa shape index (κ1) is 25.8. The number of hydrogen-bond donors (Lipinski definition) is 3. The fourth-order valence-corrected chi connectivity index (χ4v) is 5.02. The lowest BCUT2D eigenvalue weighted by Gasteiger charge is -2.30. The van der Waals surface area contributed by atoms with Gasteiger partial charge < -0.3 is 29.8 Å². The van der Waals surface area contributed by atoms with Gasteiger partial charge in [-0.05, 0) is 38.5 Å². The highest BCUT2D eigenvalue weighted by atomic mass is 19.4. The Morgan fingerprint density at radius 2 is 2.03 bits per heavy atom. The van der Waals surface area contributed by atoms with Crippen LogP contribution in [0.15, 0.2) is 30.7 Å². The van der Waals surface area contributed by atoms with Crippen LogP contribution < -0.4 is 15.4 Å². The zero-order chi connectivity index (χ0) is 26.0. The summed E-state index contributed by atoms with van der Waals surface area (Å²) in [7, 11) is 1.92. The molecule has 202 valence electrons. The molecular weight excluding hydrogens is 489 g/mol. The fraction of sp³-hybridized carbons (Fsp3) is 0.600. The van der Waals surface area contributed by atoms with Crippen molar-refractivity contribution in [3.05, 3.63) is 30.7 Å². The molecule has 3 heterocycles. The summed E-state index contributed by atoms with van der Waals surface area (Å²) >= 11 is 0. The van der Waals surface area contributed by atoms with Gasteiger partial charge in [-0.15, -0.1) is 0 Å². The van der Waals surface area contributed by atoms with Crippen LogP contribution in [0, 0.1) is 0 Å². The van der Waals surface area contributed by atoms with Crippen LogP contribution in [0.25, 0.3) is 11.0 Å². The summed E-state index contributed by atoms with van der Waals surface area (Å²) < 4.78 is 53.4. The molecule has 1 unspecified atom stereocenters. The fourth-order valence-electron chi connectivity index (χ4n) is 5.02. The predicted octanol–water partition coefficient (Wildman–Crippen LogP) is 4.07. The number of imidazole rings is 1. The molecule has 2 aliphatic rings. The molecule has 1 aliphatic heterocycles. The van der Waals surface area contributed by atoms with Crippen molar-refractivity contribution < 1.29 is 27.8 Å². The second-order valence-corrected chi connectivity index (χ2v) is 9.93. The first-order valence-electron chi connectivity index (χ1n) is 12.8. The molecule has 0 spiro atoms. The molecule has 5 rings (SSSR count). The van der Waals surface area contributed by atoms with E-state index in [0.29, 0.717) is 43.9 Å². The quantitative estimate of drug-likeness (QED) is 0.410. The lowest BCUT2D eigenvalue weighted by molar-refractivity contribution is -0.202. The highest BCUT2D eigenvalue weighted by molar-refractivity contribution is 5.91. The van der Waals surface area contributed by atoms with Crippen molar-refractivity contribution >= 4 is 22.5 Å². The number of hydrogen-bond acceptors (Lipinski definition) is 7. The number of fused-ring (bicyclic) bond motifs is 1. The van der Waals surface area contributed by atoms with E-state index in [0.717, 1.165) is 36.2 Å². The van der Waals surface area contributed by atoms with Gasteiger partial charge >= 0.3 is 6.18 Å². The largest absolute Gasteiger partial charge is 0.490 e. The number of aliphatic hydroxyl groups excluding tert-OH is 1. The number of aliphatic hydroxyl groups is 1. The second-order valence-electron chi connectivity index (χ2n) is 9.93. The van der Waals surface area contributed by atoms with Crippen molar-refractivity contribution in [1.29, 1.82) is 0 Å². The molecule has 0 amide bonds. The molecule has 2 fully saturated rings. The molecule has 12 heteroatoms. The average Bonchev–Trinajstić information content (AvgIpc) is 3.50. The Labute approximate surface area is 212 Å². The summed E-state index contributed by atoms with van der Waals surface area (Å²) in [6.07, 6.45) is 1.54. The maximum absolute atomic E-state index is 12.5. The van der Waals surface area contributed by atoms with Crippen molar-refractivity contribution in [3.8, 4) is 5.75 Å². The van der Waals surface area contributed by atoms with Gasteiger partial charge in [0, 0.05) is 50.6 Å². The number of rotatable bonds is 8.